The first-order chi connectivity index (χ1) is 13.0. The van der Waals surface area contributed by atoms with Crippen molar-refractivity contribution in [1.82, 2.24) is 20.0 Å². The molecule has 0 aliphatic carbocycles. The highest BCUT2D eigenvalue weighted by molar-refractivity contribution is 6.30. The summed E-state index contributed by atoms with van der Waals surface area (Å²) < 4.78 is 0.860. The Balaban J connectivity index is 1.94. The summed E-state index contributed by atoms with van der Waals surface area (Å²) in [6.45, 7) is 0. The van der Waals surface area contributed by atoms with Gasteiger partial charge in [-0.15, -0.1) is 0 Å². The van der Waals surface area contributed by atoms with Crippen LogP contribution in [0.25, 0.3) is 5.69 Å². The Labute approximate surface area is 156 Å². The van der Waals surface area contributed by atoms with Crippen LogP contribution in [0.15, 0.2) is 63.5 Å². The standard InChI is InChI=1S/C17H12ClN5O4/c18-11-2-1-3-12(8-11)23-16(26)13(15(25)21-17(23)27)9-20-22-14(24)10-4-6-19-7-5-10/h1-9,26H,(H,22,24)(H,21,25,27). The van der Waals surface area contributed by atoms with E-state index in [4.69, 9.17) is 11.6 Å². The molecule has 0 bridgehead atoms. The number of aromatic nitrogens is 3. The number of rotatable bonds is 4. The van der Waals surface area contributed by atoms with Gasteiger partial charge in [0.1, 0.15) is 5.56 Å². The van der Waals surface area contributed by atoms with Gasteiger partial charge in [-0.25, -0.2) is 14.8 Å². The molecule has 2 heterocycles. The zero-order valence-electron chi connectivity index (χ0n) is 13.6. The topological polar surface area (TPSA) is 129 Å². The van der Waals surface area contributed by atoms with Crippen LogP contribution in [-0.4, -0.2) is 31.8 Å². The molecule has 0 unspecified atom stereocenters. The van der Waals surface area contributed by atoms with Crippen LogP contribution in [-0.2, 0) is 0 Å². The van der Waals surface area contributed by atoms with E-state index in [2.05, 4.69) is 20.5 Å². The molecule has 0 aliphatic rings. The molecule has 0 aliphatic heterocycles. The van der Waals surface area contributed by atoms with Crippen molar-refractivity contribution in [2.75, 3.05) is 0 Å². The maximum absolute atomic E-state index is 12.1. The lowest BCUT2D eigenvalue weighted by Crippen LogP contribution is -2.31. The molecule has 0 radical (unpaired) electrons. The Bertz CT molecular complexity index is 1140. The first-order valence-electron chi connectivity index (χ1n) is 7.55. The molecular formula is C17H12ClN5O4. The maximum Gasteiger partial charge on any atom is 0.335 e. The van der Waals surface area contributed by atoms with E-state index in [0.29, 0.717) is 10.6 Å². The lowest BCUT2D eigenvalue weighted by Gasteiger charge is -2.09. The second-order valence-electron chi connectivity index (χ2n) is 5.25. The highest BCUT2D eigenvalue weighted by Crippen LogP contribution is 2.18. The Morgan fingerprint density at radius 2 is 2.00 bits per heavy atom. The molecule has 1 aromatic carbocycles. The Hall–Kier alpha value is -3.72. The lowest BCUT2D eigenvalue weighted by atomic mass is 10.2. The molecule has 136 valence electrons. The number of amides is 1. The minimum atomic E-state index is -0.863. The van der Waals surface area contributed by atoms with E-state index in [1.54, 1.807) is 12.1 Å². The third kappa shape index (κ3) is 3.93. The van der Waals surface area contributed by atoms with E-state index in [9.17, 15) is 19.5 Å². The van der Waals surface area contributed by atoms with Crippen LogP contribution in [0.2, 0.25) is 5.02 Å². The van der Waals surface area contributed by atoms with Gasteiger partial charge in [0.25, 0.3) is 11.5 Å². The van der Waals surface area contributed by atoms with Gasteiger partial charge in [-0.2, -0.15) is 5.10 Å². The van der Waals surface area contributed by atoms with E-state index in [-0.39, 0.29) is 11.3 Å². The fourth-order valence-electron chi connectivity index (χ4n) is 2.23. The smallest absolute Gasteiger partial charge is 0.335 e. The molecule has 0 spiro atoms. The monoisotopic (exact) mass is 385 g/mol. The minimum absolute atomic E-state index is 0.247. The number of hydrogen-bond acceptors (Lipinski definition) is 6. The third-order valence-corrected chi connectivity index (χ3v) is 3.72. The van der Waals surface area contributed by atoms with Gasteiger partial charge in [0.05, 0.1) is 11.9 Å². The molecule has 27 heavy (non-hydrogen) atoms. The molecule has 10 heteroatoms. The van der Waals surface area contributed by atoms with Gasteiger partial charge in [-0.1, -0.05) is 17.7 Å². The van der Waals surface area contributed by atoms with Crippen molar-refractivity contribution < 1.29 is 9.90 Å². The predicted molar refractivity (Wildman–Crippen MR) is 98.6 cm³/mol. The normalized spacial score (nSPS) is 10.9. The fourth-order valence-corrected chi connectivity index (χ4v) is 2.42. The second kappa shape index (κ2) is 7.67. The van der Waals surface area contributed by atoms with Crippen LogP contribution in [0.3, 0.4) is 0 Å². The van der Waals surface area contributed by atoms with Gasteiger partial charge in [0.15, 0.2) is 0 Å². The maximum atomic E-state index is 12.1. The molecule has 0 saturated carbocycles. The van der Waals surface area contributed by atoms with Gasteiger partial charge in [0.2, 0.25) is 5.88 Å². The Morgan fingerprint density at radius 1 is 1.26 bits per heavy atom. The summed E-state index contributed by atoms with van der Waals surface area (Å²) in [5.41, 5.74) is 0.744. The number of H-pyrrole nitrogens is 1. The number of carbonyl (C=O) groups excluding carboxylic acids is 1. The minimum Gasteiger partial charge on any atom is -0.493 e. The zero-order chi connectivity index (χ0) is 19.4. The summed E-state index contributed by atoms with van der Waals surface area (Å²) in [7, 11) is 0. The van der Waals surface area contributed by atoms with Crippen molar-refractivity contribution in [1.29, 1.82) is 0 Å². The second-order valence-corrected chi connectivity index (χ2v) is 5.68. The van der Waals surface area contributed by atoms with E-state index in [1.165, 1.54) is 36.7 Å². The Morgan fingerprint density at radius 3 is 2.70 bits per heavy atom. The van der Waals surface area contributed by atoms with Crippen LogP contribution in [0.5, 0.6) is 5.88 Å². The summed E-state index contributed by atoms with van der Waals surface area (Å²) in [5, 5.41) is 14.4. The van der Waals surface area contributed by atoms with Crippen molar-refractivity contribution in [3.05, 3.63) is 85.8 Å². The van der Waals surface area contributed by atoms with Crippen LogP contribution in [0.1, 0.15) is 15.9 Å². The average Bonchev–Trinajstić information content (AvgIpc) is 2.65. The van der Waals surface area contributed by atoms with Gasteiger partial charge in [-0.3, -0.25) is 19.6 Å². The van der Waals surface area contributed by atoms with Crippen molar-refractivity contribution in [3.8, 4) is 11.6 Å². The summed E-state index contributed by atoms with van der Waals surface area (Å²) in [5.74, 6) is -1.18. The number of nitrogens with zero attached hydrogens (tertiary/aromatic N) is 3. The van der Waals surface area contributed by atoms with Crippen LogP contribution in [0, 0.1) is 0 Å². The number of hydrazone groups is 1. The molecule has 0 saturated heterocycles. The zero-order valence-corrected chi connectivity index (χ0v) is 14.3. The predicted octanol–water partition coefficient (Wildman–Crippen LogP) is 1.04. The number of carbonyl (C=O) groups is 1. The molecule has 2 aromatic heterocycles. The number of halogens is 1. The number of aromatic amines is 1. The highest BCUT2D eigenvalue weighted by Gasteiger charge is 2.14. The fraction of sp³-hybridized carbons (Fsp3) is 0. The summed E-state index contributed by atoms with van der Waals surface area (Å²) >= 11 is 5.90. The summed E-state index contributed by atoms with van der Waals surface area (Å²) in [4.78, 5) is 41.8. The highest BCUT2D eigenvalue weighted by atomic mass is 35.5. The van der Waals surface area contributed by atoms with E-state index >= 15 is 0 Å². The number of benzene rings is 1. The van der Waals surface area contributed by atoms with Crippen molar-refractivity contribution in [2.45, 2.75) is 0 Å². The summed E-state index contributed by atoms with van der Waals surface area (Å²) in [6.07, 6.45) is 3.82. The Kier molecular flexibility index (Phi) is 5.13. The average molecular weight is 386 g/mol. The number of aromatic hydroxyl groups is 1. The van der Waals surface area contributed by atoms with E-state index in [0.717, 1.165) is 10.8 Å². The molecule has 1 amide bonds. The van der Waals surface area contributed by atoms with Crippen molar-refractivity contribution in [2.24, 2.45) is 5.10 Å². The molecule has 0 fully saturated rings. The number of hydrogen-bond donors (Lipinski definition) is 3. The van der Waals surface area contributed by atoms with Gasteiger partial charge in [0, 0.05) is 23.0 Å². The van der Waals surface area contributed by atoms with Crippen LogP contribution in [0.4, 0.5) is 0 Å². The lowest BCUT2D eigenvalue weighted by molar-refractivity contribution is 0.0955. The quantitative estimate of drug-likeness (QED) is 0.456. The van der Waals surface area contributed by atoms with Crippen LogP contribution >= 0.6 is 11.6 Å². The van der Waals surface area contributed by atoms with Gasteiger partial charge >= 0.3 is 5.69 Å². The molecular weight excluding hydrogens is 374 g/mol. The van der Waals surface area contributed by atoms with Crippen molar-refractivity contribution >= 4 is 23.7 Å². The first kappa shape index (κ1) is 18.1. The van der Waals surface area contributed by atoms with Gasteiger partial charge < -0.3 is 5.11 Å². The van der Waals surface area contributed by atoms with Crippen LogP contribution < -0.4 is 16.7 Å². The first-order valence-corrected chi connectivity index (χ1v) is 7.93. The largest absolute Gasteiger partial charge is 0.493 e. The SMILES string of the molecule is O=C(NN=Cc1c(O)n(-c2cccc(Cl)c2)c(=O)[nH]c1=O)c1ccncc1. The third-order valence-electron chi connectivity index (χ3n) is 3.49. The number of nitrogens with one attached hydrogen (secondary N) is 2. The van der Waals surface area contributed by atoms with Crippen molar-refractivity contribution in [3.63, 3.8) is 0 Å². The van der Waals surface area contributed by atoms with E-state index < -0.39 is 23.0 Å². The molecule has 3 aromatic rings. The summed E-state index contributed by atoms with van der Waals surface area (Å²) in [6, 6.07) is 9.10. The number of pyridine rings is 1. The molecule has 3 rings (SSSR count). The molecule has 0 atom stereocenters. The molecule has 3 N–H and O–H groups in total. The van der Waals surface area contributed by atoms with Gasteiger partial charge in [-0.05, 0) is 30.3 Å². The van der Waals surface area contributed by atoms with E-state index in [1.807, 2.05) is 0 Å². The molecule has 9 nitrogen and oxygen atoms in total.